The molecule has 0 bridgehead atoms. The summed E-state index contributed by atoms with van der Waals surface area (Å²) in [6.45, 7) is 1.95. The molecule has 7 nitrogen and oxygen atoms in total. The number of hydrogen-bond acceptors (Lipinski definition) is 5. The maximum absolute atomic E-state index is 12.8. The topological polar surface area (TPSA) is 75.8 Å². The molecular weight excluding hydrogens is 414 g/mol. The number of hydrogen-bond donors (Lipinski definition) is 2. The first-order valence-electron chi connectivity index (χ1n) is 10.3. The van der Waals surface area contributed by atoms with Gasteiger partial charge in [-0.05, 0) is 49.3 Å². The molecule has 31 heavy (non-hydrogen) atoms. The van der Waals surface area contributed by atoms with Crippen molar-refractivity contribution in [2.45, 2.75) is 25.5 Å². The molecule has 1 atom stereocenters. The quantitative estimate of drug-likeness (QED) is 0.590. The first-order chi connectivity index (χ1) is 15.2. The molecule has 2 N–H and O–H groups in total. The molecule has 2 aliphatic heterocycles. The zero-order chi connectivity index (χ0) is 21.2. The van der Waals surface area contributed by atoms with Crippen LogP contribution in [0.15, 0.2) is 53.3 Å². The third kappa shape index (κ3) is 4.35. The predicted molar refractivity (Wildman–Crippen MR) is 123 cm³/mol. The normalized spacial score (nSPS) is 17.1. The Hall–Kier alpha value is -3.10. The highest BCUT2D eigenvalue weighted by atomic mass is 32.1. The Bertz CT molecular complexity index is 1160. The monoisotopic (exact) mass is 437 g/mol. The van der Waals surface area contributed by atoms with E-state index in [1.807, 2.05) is 47.4 Å². The summed E-state index contributed by atoms with van der Waals surface area (Å²) in [6, 6.07) is 15.4. The smallest absolute Gasteiger partial charge is 0.253 e. The molecule has 1 saturated heterocycles. The van der Waals surface area contributed by atoms with E-state index in [4.69, 9.17) is 26.4 Å². The van der Waals surface area contributed by atoms with E-state index in [0.717, 1.165) is 30.5 Å². The lowest BCUT2D eigenvalue weighted by atomic mass is 10.1. The lowest BCUT2D eigenvalue weighted by molar-refractivity contribution is 0.0904. The van der Waals surface area contributed by atoms with Gasteiger partial charge in [-0.2, -0.15) is 0 Å². The Morgan fingerprint density at radius 3 is 2.74 bits per heavy atom. The van der Waals surface area contributed by atoms with Gasteiger partial charge < -0.3 is 29.4 Å². The van der Waals surface area contributed by atoms with E-state index >= 15 is 0 Å². The predicted octanol–water partition coefficient (Wildman–Crippen LogP) is 3.63. The summed E-state index contributed by atoms with van der Waals surface area (Å²) in [6.07, 6.45) is 2.13. The van der Waals surface area contributed by atoms with Crippen LogP contribution in [0.2, 0.25) is 0 Å². The molecule has 1 unspecified atom stereocenters. The van der Waals surface area contributed by atoms with Crippen LogP contribution < -0.4 is 20.3 Å². The summed E-state index contributed by atoms with van der Waals surface area (Å²) in [5.41, 5.74) is 2.10. The number of rotatable bonds is 5. The van der Waals surface area contributed by atoms with Crippen LogP contribution in [0.3, 0.4) is 0 Å². The number of para-hydroxylation sites is 1. The van der Waals surface area contributed by atoms with Gasteiger partial charge in [0.15, 0.2) is 16.6 Å². The highest BCUT2D eigenvalue weighted by Gasteiger charge is 2.23. The molecule has 0 aliphatic carbocycles. The van der Waals surface area contributed by atoms with Gasteiger partial charge >= 0.3 is 0 Å². The molecule has 1 fully saturated rings. The van der Waals surface area contributed by atoms with Crippen molar-refractivity contribution in [3.05, 3.63) is 64.4 Å². The van der Waals surface area contributed by atoms with Crippen molar-refractivity contribution in [3.63, 3.8) is 0 Å². The van der Waals surface area contributed by atoms with Crippen LogP contribution in [0.5, 0.6) is 11.5 Å². The Labute approximate surface area is 184 Å². The number of nitrogens with one attached hydrogen (secondary N) is 2. The van der Waals surface area contributed by atoms with Crippen molar-refractivity contribution in [1.82, 2.24) is 9.88 Å². The number of pyridine rings is 1. The third-order valence-electron chi connectivity index (χ3n) is 5.54. The van der Waals surface area contributed by atoms with Crippen molar-refractivity contribution >= 4 is 33.9 Å². The Balaban J connectivity index is 1.42. The van der Waals surface area contributed by atoms with Crippen LogP contribution in [0, 0.1) is 0 Å². The molecule has 3 aromatic rings. The molecule has 0 spiro atoms. The van der Waals surface area contributed by atoms with Crippen molar-refractivity contribution in [2.24, 2.45) is 0 Å². The number of aromatic amines is 1. The lowest BCUT2D eigenvalue weighted by Gasteiger charge is -2.28. The second-order valence-electron chi connectivity index (χ2n) is 7.73. The molecule has 0 radical (unpaired) electrons. The van der Waals surface area contributed by atoms with E-state index in [1.54, 1.807) is 6.07 Å². The number of benzene rings is 2. The van der Waals surface area contributed by atoms with E-state index in [2.05, 4.69) is 10.3 Å². The van der Waals surface area contributed by atoms with E-state index < -0.39 is 0 Å². The number of nitrogens with zero attached hydrogens (tertiary/aromatic N) is 1. The zero-order valence-electron chi connectivity index (χ0n) is 16.9. The summed E-state index contributed by atoms with van der Waals surface area (Å²) >= 11 is 5.71. The van der Waals surface area contributed by atoms with Gasteiger partial charge in [-0.15, -0.1) is 0 Å². The number of thiocarbonyl (C=S) groups is 1. The average molecular weight is 438 g/mol. The van der Waals surface area contributed by atoms with Gasteiger partial charge in [0.25, 0.3) is 5.56 Å². The molecule has 160 valence electrons. The minimum atomic E-state index is -0.147. The Kier molecular flexibility index (Phi) is 5.48. The number of aromatic nitrogens is 1. The number of anilines is 1. The summed E-state index contributed by atoms with van der Waals surface area (Å²) < 4.78 is 16.7. The molecule has 1 aromatic heterocycles. The largest absolute Gasteiger partial charge is 0.454 e. The van der Waals surface area contributed by atoms with Crippen LogP contribution >= 0.6 is 12.2 Å². The van der Waals surface area contributed by atoms with E-state index in [1.165, 1.54) is 0 Å². The highest BCUT2D eigenvalue weighted by molar-refractivity contribution is 7.80. The first kappa shape index (κ1) is 19.8. The van der Waals surface area contributed by atoms with Gasteiger partial charge in [0.05, 0.1) is 18.2 Å². The van der Waals surface area contributed by atoms with Crippen LogP contribution in [0.4, 0.5) is 5.69 Å². The van der Waals surface area contributed by atoms with Crippen molar-refractivity contribution in [1.29, 1.82) is 0 Å². The SMILES string of the molecule is O=c1[nH]c2cc3c(cc2cc1CN(CC1CCCO1)C(=S)Nc1ccccc1)OCO3. The van der Waals surface area contributed by atoms with E-state index in [0.29, 0.717) is 40.8 Å². The van der Waals surface area contributed by atoms with Gasteiger partial charge in [0.2, 0.25) is 6.79 Å². The molecule has 5 rings (SSSR count). The summed E-state index contributed by atoms with van der Waals surface area (Å²) in [5, 5.41) is 4.73. The summed E-state index contributed by atoms with van der Waals surface area (Å²) in [5.74, 6) is 1.33. The maximum Gasteiger partial charge on any atom is 0.253 e. The van der Waals surface area contributed by atoms with Crippen LogP contribution in [-0.4, -0.2) is 41.0 Å². The van der Waals surface area contributed by atoms with Gasteiger partial charge in [0.1, 0.15) is 0 Å². The zero-order valence-corrected chi connectivity index (χ0v) is 17.7. The van der Waals surface area contributed by atoms with Gasteiger partial charge in [-0.25, -0.2) is 0 Å². The minimum absolute atomic E-state index is 0.101. The lowest BCUT2D eigenvalue weighted by Crippen LogP contribution is -2.40. The fraction of sp³-hybridized carbons (Fsp3) is 0.304. The first-order valence-corrected chi connectivity index (χ1v) is 10.7. The standard InChI is InChI=1S/C23H23N3O4S/c27-22-16(9-15-10-20-21(30-14-29-20)11-19(15)25-22)12-26(13-18-7-4-8-28-18)23(31)24-17-5-2-1-3-6-17/h1-3,5-6,9-11,18H,4,7-8,12-14H2,(H,24,31)(H,25,27). The number of H-pyrrole nitrogens is 1. The highest BCUT2D eigenvalue weighted by Crippen LogP contribution is 2.35. The van der Waals surface area contributed by atoms with Gasteiger partial charge in [0, 0.05) is 35.9 Å². The van der Waals surface area contributed by atoms with E-state index in [9.17, 15) is 4.79 Å². The Morgan fingerprint density at radius 2 is 1.97 bits per heavy atom. The second kappa shape index (κ2) is 8.56. The minimum Gasteiger partial charge on any atom is -0.454 e. The van der Waals surface area contributed by atoms with Crippen LogP contribution in [-0.2, 0) is 11.3 Å². The fourth-order valence-electron chi connectivity index (χ4n) is 3.94. The average Bonchev–Trinajstić information content (AvgIpc) is 3.44. The van der Waals surface area contributed by atoms with E-state index in [-0.39, 0.29) is 18.5 Å². The van der Waals surface area contributed by atoms with Crippen molar-refractivity contribution in [2.75, 3.05) is 25.3 Å². The molecule has 2 aromatic carbocycles. The molecule has 3 heterocycles. The van der Waals surface area contributed by atoms with Gasteiger partial charge in [-0.1, -0.05) is 18.2 Å². The van der Waals surface area contributed by atoms with Crippen LogP contribution in [0.25, 0.3) is 10.9 Å². The maximum atomic E-state index is 12.8. The van der Waals surface area contributed by atoms with Gasteiger partial charge in [-0.3, -0.25) is 4.79 Å². The summed E-state index contributed by atoms with van der Waals surface area (Å²) in [7, 11) is 0. The number of fused-ring (bicyclic) bond motifs is 2. The number of ether oxygens (including phenoxy) is 3. The van der Waals surface area contributed by atoms with Crippen molar-refractivity contribution in [3.8, 4) is 11.5 Å². The molecule has 0 saturated carbocycles. The third-order valence-corrected chi connectivity index (χ3v) is 5.90. The summed E-state index contributed by atoms with van der Waals surface area (Å²) in [4.78, 5) is 17.8. The van der Waals surface area contributed by atoms with Crippen molar-refractivity contribution < 1.29 is 14.2 Å². The molecule has 8 heteroatoms. The molecule has 2 aliphatic rings. The molecular formula is C23H23N3O4S. The van der Waals surface area contributed by atoms with Crippen LogP contribution in [0.1, 0.15) is 18.4 Å². The Morgan fingerprint density at radius 1 is 1.16 bits per heavy atom. The second-order valence-corrected chi connectivity index (χ2v) is 8.11. The fourth-order valence-corrected chi connectivity index (χ4v) is 4.20. The molecule has 0 amide bonds.